The molecule has 0 aromatic heterocycles. The molecule has 0 radical (unpaired) electrons. The predicted molar refractivity (Wildman–Crippen MR) is 92.3 cm³/mol. The smallest absolute Gasteiger partial charge is 0.317 e. The number of carbonyl (C=O) groups excluding carboxylic acids is 1. The van der Waals surface area contributed by atoms with Gasteiger partial charge in [-0.3, -0.25) is 4.90 Å². The maximum atomic E-state index is 12.4. The molecule has 2 fully saturated rings. The van der Waals surface area contributed by atoms with Gasteiger partial charge in [-0.05, 0) is 45.2 Å². The second-order valence-electron chi connectivity index (χ2n) is 6.83. The van der Waals surface area contributed by atoms with E-state index in [1.165, 1.54) is 19.1 Å². The summed E-state index contributed by atoms with van der Waals surface area (Å²) in [5, 5.41) is 2.77. The van der Waals surface area contributed by atoms with Gasteiger partial charge in [0.25, 0.3) is 0 Å². The van der Waals surface area contributed by atoms with E-state index in [1.807, 2.05) is 0 Å². The number of piperidine rings is 1. The number of likely N-dealkylation sites (N-methyl/N-ethyl adjacent to an activating group) is 1. The largest absolute Gasteiger partial charge is 0.336 e. The van der Waals surface area contributed by atoms with Gasteiger partial charge in [0, 0.05) is 31.9 Å². The molecule has 2 aliphatic rings. The van der Waals surface area contributed by atoms with Crippen LogP contribution in [0.15, 0.2) is 0 Å². The van der Waals surface area contributed by atoms with E-state index in [4.69, 9.17) is 0 Å². The van der Waals surface area contributed by atoms with Crippen LogP contribution in [0.25, 0.3) is 0 Å². The lowest BCUT2D eigenvalue weighted by Gasteiger charge is -2.35. The minimum Gasteiger partial charge on any atom is -0.336 e. The molecule has 2 unspecified atom stereocenters. The molecule has 2 rings (SSSR count). The van der Waals surface area contributed by atoms with Gasteiger partial charge >= 0.3 is 6.03 Å². The lowest BCUT2D eigenvalue weighted by Crippen LogP contribution is -2.49. The molecule has 2 saturated heterocycles. The molecule has 2 aliphatic heterocycles. The van der Waals surface area contributed by atoms with Crippen molar-refractivity contribution in [1.82, 2.24) is 15.1 Å². The van der Waals surface area contributed by atoms with Crippen molar-refractivity contribution in [3.05, 3.63) is 0 Å². The number of sulfone groups is 1. The summed E-state index contributed by atoms with van der Waals surface area (Å²) in [4.78, 5) is 16.6. The van der Waals surface area contributed by atoms with Gasteiger partial charge in [-0.1, -0.05) is 13.3 Å². The summed E-state index contributed by atoms with van der Waals surface area (Å²) in [5.74, 6) is 0. The average Bonchev–Trinajstić information content (AvgIpc) is 2.78. The van der Waals surface area contributed by atoms with Crippen LogP contribution in [0.1, 0.15) is 45.4 Å². The van der Waals surface area contributed by atoms with Crippen LogP contribution in [0.4, 0.5) is 4.79 Å². The molecule has 2 atom stereocenters. The molecule has 7 heteroatoms. The van der Waals surface area contributed by atoms with Gasteiger partial charge in [0.15, 0.2) is 0 Å². The second-order valence-corrected chi connectivity index (χ2v) is 9.16. The summed E-state index contributed by atoms with van der Waals surface area (Å²) in [6.07, 6.45) is 6.90. The van der Waals surface area contributed by atoms with Crippen LogP contribution < -0.4 is 5.32 Å². The minimum atomic E-state index is -3.00. The second kappa shape index (κ2) is 8.33. The van der Waals surface area contributed by atoms with Crippen molar-refractivity contribution in [2.75, 3.05) is 39.0 Å². The first-order valence-electron chi connectivity index (χ1n) is 8.87. The van der Waals surface area contributed by atoms with Gasteiger partial charge in [0.1, 0.15) is 9.84 Å². The van der Waals surface area contributed by atoms with E-state index in [-0.39, 0.29) is 11.3 Å². The number of likely N-dealkylation sites (tertiary alicyclic amines) is 2. The van der Waals surface area contributed by atoms with Crippen LogP contribution in [-0.2, 0) is 9.84 Å². The Bertz CT molecular complexity index is 495. The average molecular weight is 346 g/mol. The van der Waals surface area contributed by atoms with E-state index >= 15 is 0 Å². The Balaban J connectivity index is 1.81. The zero-order chi connectivity index (χ0) is 16.9. The maximum Gasteiger partial charge on any atom is 0.317 e. The number of nitrogens with zero attached hydrogens (tertiary/aromatic N) is 2. The molecule has 0 aromatic carbocycles. The first-order chi connectivity index (χ1) is 10.9. The van der Waals surface area contributed by atoms with Gasteiger partial charge in [0.2, 0.25) is 0 Å². The molecule has 134 valence electrons. The standard InChI is InChI=1S/C16H31N3O3S/c1-3-18-10-5-4-7-14(18)13-17-16(20)19-11-6-8-15(9-12-19)23(2,21)22/h14-15H,3-13H2,1-2H3,(H,17,20). The van der Waals surface area contributed by atoms with E-state index < -0.39 is 9.84 Å². The normalized spacial score (nSPS) is 27.5. The number of amides is 2. The highest BCUT2D eigenvalue weighted by Gasteiger charge is 2.27. The van der Waals surface area contributed by atoms with Crippen molar-refractivity contribution in [1.29, 1.82) is 0 Å². The molecule has 0 bridgehead atoms. The summed E-state index contributed by atoms with van der Waals surface area (Å²) in [7, 11) is -3.00. The molecule has 0 saturated carbocycles. The van der Waals surface area contributed by atoms with Gasteiger partial charge in [-0.25, -0.2) is 13.2 Å². The zero-order valence-electron chi connectivity index (χ0n) is 14.5. The third-order valence-electron chi connectivity index (χ3n) is 5.21. The van der Waals surface area contributed by atoms with Gasteiger partial charge < -0.3 is 10.2 Å². The number of rotatable bonds is 4. The topological polar surface area (TPSA) is 69.7 Å². The Morgan fingerprint density at radius 2 is 1.87 bits per heavy atom. The quantitative estimate of drug-likeness (QED) is 0.838. The SMILES string of the molecule is CCN1CCCCC1CNC(=O)N1CCCC(S(C)(=O)=O)CC1. The van der Waals surface area contributed by atoms with E-state index in [0.29, 0.717) is 38.5 Å². The lowest BCUT2D eigenvalue weighted by atomic mass is 10.0. The maximum absolute atomic E-state index is 12.4. The van der Waals surface area contributed by atoms with Crippen LogP contribution in [0.3, 0.4) is 0 Å². The van der Waals surface area contributed by atoms with E-state index in [0.717, 1.165) is 25.9 Å². The number of urea groups is 1. The number of carbonyl (C=O) groups is 1. The fourth-order valence-corrected chi connectivity index (χ4v) is 4.85. The van der Waals surface area contributed by atoms with Crippen molar-refractivity contribution in [2.24, 2.45) is 0 Å². The summed E-state index contributed by atoms with van der Waals surface area (Å²) in [6, 6.07) is 0.397. The predicted octanol–water partition coefficient (Wildman–Crippen LogP) is 1.47. The molecule has 6 nitrogen and oxygen atoms in total. The highest BCUT2D eigenvalue weighted by molar-refractivity contribution is 7.91. The molecule has 0 aliphatic carbocycles. The summed E-state index contributed by atoms with van der Waals surface area (Å²) >= 11 is 0. The molecule has 0 aromatic rings. The Labute approximate surface area is 140 Å². The highest BCUT2D eigenvalue weighted by Crippen LogP contribution is 2.18. The Morgan fingerprint density at radius 1 is 1.09 bits per heavy atom. The molecule has 2 amide bonds. The van der Waals surface area contributed by atoms with Crippen LogP contribution in [-0.4, -0.2) is 74.5 Å². The summed E-state index contributed by atoms with van der Waals surface area (Å²) in [6.45, 7) is 6.20. The number of nitrogens with one attached hydrogen (secondary N) is 1. The van der Waals surface area contributed by atoms with Crippen LogP contribution in [0, 0.1) is 0 Å². The van der Waals surface area contributed by atoms with Crippen LogP contribution in [0.2, 0.25) is 0 Å². The first-order valence-corrected chi connectivity index (χ1v) is 10.8. The molecule has 2 heterocycles. The molecule has 0 spiro atoms. The summed E-state index contributed by atoms with van der Waals surface area (Å²) in [5.41, 5.74) is 0. The Morgan fingerprint density at radius 3 is 2.57 bits per heavy atom. The number of hydrogen-bond acceptors (Lipinski definition) is 4. The number of hydrogen-bond donors (Lipinski definition) is 1. The summed E-state index contributed by atoms with van der Waals surface area (Å²) < 4.78 is 23.4. The zero-order valence-corrected chi connectivity index (χ0v) is 15.3. The molecular formula is C16H31N3O3S. The lowest BCUT2D eigenvalue weighted by molar-refractivity contribution is 0.148. The van der Waals surface area contributed by atoms with E-state index in [2.05, 4.69) is 17.1 Å². The molecular weight excluding hydrogens is 314 g/mol. The third kappa shape index (κ3) is 5.35. The Hall–Kier alpha value is -0.820. The van der Waals surface area contributed by atoms with Gasteiger partial charge in [-0.15, -0.1) is 0 Å². The highest BCUT2D eigenvalue weighted by atomic mass is 32.2. The molecule has 23 heavy (non-hydrogen) atoms. The van der Waals surface area contributed by atoms with Crippen LogP contribution >= 0.6 is 0 Å². The van der Waals surface area contributed by atoms with Gasteiger partial charge in [-0.2, -0.15) is 0 Å². The fraction of sp³-hybridized carbons (Fsp3) is 0.938. The monoisotopic (exact) mass is 345 g/mol. The van der Waals surface area contributed by atoms with Crippen molar-refractivity contribution >= 4 is 15.9 Å². The molecule has 1 N–H and O–H groups in total. The Kier molecular flexibility index (Phi) is 6.71. The first kappa shape index (κ1) is 18.5. The van der Waals surface area contributed by atoms with Crippen LogP contribution in [0.5, 0.6) is 0 Å². The minimum absolute atomic E-state index is 0.0409. The fourth-order valence-electron chi connectivity index (χ4n) is 3.72. The van der Waals surface area contributed by atoms with E-state index in [9.17, 15) is 13.2 Å². The van der Waals surface area contributed by atoms with Crippen molar-refractivity contribution in [3.8, 4) is 0 Å². The van der Waals surface area contributed by atoms with E-state index in [1.54, 1.807) is 4.90 Å². The van der Waals surface area contributed by atoms with Crippen molar-refractivity contribution in [3.63, 3.8) is 0 Å². The van der Waals surface area contributed by atoms with Crippen molar-refractivity contribution in [2.45, 2.75) is 56.7 Å². The third-order valence-corrected chi connectivity index (χ3v) is 6.89. The van der Waals surface area contributed by atoms with Crippen molar-refractivity contribution < 1.29 is 13.2 Å². The van der Waals surface area contributed by atoms with Gasteiger partial charge in [0.05, 0.1) is 5.25 Å².